The van der Waals surface area contributed by atoms with Gasteiger partial charge in [-0.2, -0.15) is 0 Å². The van der Waals surface area contributed by atoms with Crippen LogP contribution in [0.5, 0.6) is 5.75 Å². The molecule has 2 fully saturated rings. The van der Waals surface area contributed by atoms with Gasteiger partial charge in [-0.15, -0.1) is 0 Å². The maximum absolute atomic E-state index is 12.1. The highest BCUT2D eigenvalue weighted by Crippen LogP contribution is 2.22. The molecule has 1 aromatic carbocycles. The normalized spacial score (nSPS) is 20.2. The van der Waals surface area contributed by atoms with Crippen LogP contribution in [0.3, 0.4) is 0 Å². The zero-order chi connectivity index (χ0) is 17.6. The number of nitrogens with one attached hydrogen (secondary N) is 1. The second-order valence-electron chi connectivity index (χ2n) is 6.87. The molecule has 1 N–H and O–H groups in total. The minimum atomic E-state index is -0.0399. The molecule has 2 aliphatic rings. The van der Waals surface area contributed by atoms with Gasteiger partial charge in [0.25, 0.3) is 5.91 Å². The van der Waals surface area contributed by atoms with Crippen LogP contribution in [0.15, 0.2) is 24.3 Å². The molecule has 6 nitrogen and oxygen atoms in total. The average molecular weight is 346 g/mol. The van der Waals surface area contributed by atoms with Crippen molar-refractivity contribution >= 4 is 11.8 Å². The Balaban J connectivity index is 1.50. The van der Waals surface area contributed by atoms with Gasteiger partial charge in [0, 0.05) is 37.7 Å². The number of nitrogens with zero attached hydrogens (tertiary/aromatic N) is 1. The van der Waals surface area contributed by atoms with Gasteiger partial charge in [0.15, 0.2) is 0 Å². The Labute approximate surface area is 148 Å². The Kier molecular flexibility index (Phi) is 5.91. The van der Waals surface area contributed by atoms with Gasteiger partial charge in [0.2, 0.25) is 5.91 Å². The Morgan fingerprint density at radius 3 is 2.88 bits per heavy atom. The summed E-state index contributed by atoms with van der Waals surface area (Å²) in [5.41, 5.74) is 0.630. The Morgan fingerprint density at radius 2 is 2.12 bits per heavy atom. The predicted molar refractivity (Wildman–Crippen MR) is 93.6 cm³/mol. The van der Waals surface area contributed by atoms with E-state index in [4.69, 9.17) is 9.47 Å². The van der Waals surface area contributed by atoms with Crippen LogP contribution in [0.2, 0.25) is 0 Å². The molecule has 0 aromatic heterocycles. The average Bonchev–Trinajstić information content (AvgIpc) is 3.45. The molecule has 1 saturated carbocycles. The summed E-state index contributed by atoms with van der Waals surface area (Å²) in [4.78, 5) is 25.9. The van der Waals surface area contributed by atoms with Gasteiger partial charge < -0.3 is 19.7 Å². The highest BCUT2D eigenvalue weighted by molar-refractivity contribution is 5.94. The van der Waals surface area contributed by atoms with Crippen molar-refractivity contribution in [1.82, 2.24) is 10.2 Å². The molecule has 0 radical (unpaired) electrons. The van der Waals surface area contributed by atoms with Crippen LogP contribution in [0.1, 0.15) is 36.0 Å². The van der Waals surface area contributed by atoms with E-state index >= 15 is 0 Å². The molecule has 3 rings (SSSR count). The fourth-order valence-electron chi connectivity index (χ4n) is 3.08. The van der Waals surface area contributed by atoms with Crippen molar-refractivity contribution in [1.29, 1.82) is 0 Å². The first-order valence-corrected chi connectivity index (χ1v) is 8.96. The molecule has 25 heavy (non-hydrogen) atoms. The summed E-state index contributed by atoms with van der Waals surface area (Å²) in [5.74, 6) is 0.996. The van der Waals surface area contributed by atoms with Gasteiger partial charge in [0.1, 0.15) is 12.4 Å². The molecule has 136 valence electrons. The number of benzene rings is 1. The summed E-state index contributed by atoms with van der Waals surface area (Å²) in [6.07, 6.45) is 4.16. The zero-order valence-corrected chi connectivity index (χ0v) is 14.7. The summed E-state index contributed by atoms with van der Waals surface area (Å²) in [5, 5.41) is 2.98. The van der Waals surface area contributed by atoms with E-state index in [2.05, 4.69) is 5.32 Å². The lowest BCUT2D eigenvalue weighted by molar-refractivity contribution is -0.137. The largest absolute Gasteiger partial charge is 0.493 e. The Hall–Kier alpha value is -2.08. The number of rotatable bonds is 7. The number of ether oxygens (including phenoxy) is 2. The number of carbonyl (C=O) groups excluding carboxylic acids is 2. The van der Waals surface area contributed by atoms with Crippen molar-refractivity contribution in [2.75, 3.05) is 33.4 Å². The van der Waals surface area contributed by atoms with Crippen molar-refractivity contribution in [3.8, 4) is 5.75 Å². The summed E-state index contributed by atoms with van der Waals surface area (Å²) < 4.78 is 10.8. The monoisotopic (exact) mass is 346 g/mol. The number of hydrogen-bond donors (Lipinski definition) is 1. The summed E-state index contributed by atoms with van der Waals surface area (Å²) in [6, 6.07) is 7.64. The minimum absolute atomic E-state index is 0.0333. The van der Waals surface area contributed by atoms with Crippen LogP contribution in [0.25, 0.3) is 0 Å². The lowest BCUT2D eigenvalue weighted by atomic mass is 9.99. The summed E-state index contributed by atoms with van der Waals surface area (Å²) in [7, 11) is 1.54. The van der Waals surface area contributed by atoms with E-state index in [1.54, 1.807) is 12.1 Å². The first-order chi connectivity index (χ1) is 12.2. The van der Waals surface area contributed by atoms with Gasteiger partial charge >= 0.3 is 0 Å². The van der Waals surface area contributed by atoms with E-state index in [-0.39, 0.29) is 18.4 Å². The van der Waals surface area contributed by atoms with Gasteiger partial charge in [-0.3, -0.25) is 9.59 Å². The third kappa shape index (κ3) is 5.19. The van der Waals surface area contributed by atoms with Crippen LogP contribution in [-0.2, 0) is 9.53 Å². The number of hydrogen-bond acceptors (Lipinski definition) is 4. The number of carbonyl (C=O) groups is 2. The van der Waals surface area contributed by atoms with Crippen molar-refractivity contribution in [2.45, 2.75) is 31.7 Å². The molecule has 2 amide bonds. The number of piperidine rings is 1. The van der Waals surface area contributed by atoms with Gasteiger partial charge in [-0.25, -0.2) is 0 Å². The van der Waals surface area contributed by atoms with Crippen LogP contribution >= 0.6 is 0 Å². The molecular formula is C19H26N2O4. The molecule has 0 bridgehead atoms. The Bertz CT molecular complexity index is 615. The molecule has 0 unspecified atom stereocenters. The summed E-state index contributed by atoms with van der Waals surface area (Å²) in [6.45, 7) is 2.16. The molecule has 1 aliphatic carbocycles. The first-order valence-electron chi connectivity index (χ1n) is 8.96. The van der Waals surface area contributed by atoms with Crippen LogP contribution in [0, 0.1) is 5.92 Å². The molecule has 6 heteroatoms. The van der Waals surface area contributed by atoms with Crippen molar-refractivity contribution in [3.63, 3.8) is 0 Å². The van der Waals surface area contributed by atoms with Gasteiger partial charge in [0.05, 0.1) is 6.61 Å². The number of methoxy groups -OCH3 is 1. The fraction of sp³-hybridized carbons (Fsp3) is 0.579. The zero-order valence-electron chi connectivity index (χ0n) is 14.7. The van der Waals surface area contributed by atoms with E-state index < -0.39 is 0 Å². The SMILES string of the molecule is COCC(=O)N1CCC[C@H](COc2cccc(C(=O)NC3CC3)c2)C1. The molecule has 1 aromatic rings. The Morgan fingerprint density at radius 1 is 1.28 bits per heavy atom. The van der Waals surface area contributed by atoms with Crippen LogP contribution in [0.4, 0.5) is 0 Å². The van der Waals surface area contributed by atoms with Crippen molar-refractivity contribution in [3.05, 3.63) is 29.8 Å². The lowest BCUT2D eigenvalue weighted by Crippen LogP contribution is -2.43. The topological polar surface area (TPSA) is 67.9 Å². The second kappa shape index (κ2) is 8.34. The maximum atomic E-state index is 12.1. The minimum Gasteiger partial charge on any atom is -0.493 e. The van der Waals surface area contributed by atoms with Gasteiger partial charge in [-0.1, -0.05) is 6.07 Å². The first kappa shape index (κ1) is 17.7. The molecule has 1 heterocycles. The van der Waals surface area contributed by atoms with E-state index in [1.165, 1.54) is 7.11 Å². The molecule has 1 saturated heterocycles. The smallest absolute Gasteiger partial charge is 0.251 e. The lowest BCUT2D eigenvalue weighted by Gasteiger charge is -2.32. The van der Waals surface area contributed by atoms with Gasteiger partial charge in [-0.05, 0) is 43.9 Å². The molecule has 0 spiro atoms. The quantitative estimate of drug-likeness (QED) is 0.818. The third-order valence-electron chi connectivity index (χ3n) is 4.63. The fourth-order valence-corrected chi connectivity index (χ4v) is 3.08. The molecular weight excluding hydrogens is 320 g/mol. The van der Waals surface area contributed by atoms with Crippen molar-refractivity contribution in [2.24, 2.45) is 5.92 Å². The predicted octanol–water partition coefficient (Wildman–Crippen LogP) is 1.84. The van der Waals surface area contributed by atoms with Crippen molar-refractivity contribution < 1.29 is 19.1 Å². The van der Waals surface area contributed by atoms with E-state index in [0.717, 1.165) is 32.2 Å². The second-order valence-corrected chi connectivity index (χ2v) is 6.87. The van der Waals surface area contributed by atoms with E-state index in [9.17, 15) is 9.59 Å². The van der Waals surface area contributed by atoms with Crippen LogP contribution < -0.4 is 10.1 Å². The maximum Gasteiger partial charge on any atom is 0.251 e. The highest BCUT2D eigenvalue weighted by Gasteiger charge is 2.25. The summed E-state index contributed by atoms with van der Waals surface area (Å²) >= 11 is 0. The highest BCUT2D eigenvalue weighted by atomic mass is 16.5. The van der Waals surface area contributed by atoms with E-state index in [1.807, 2.05) is 17.0 Å². The number of likely N-dealkylation sites (tertiary alicyclic amines) is 1. The standard InChI is InChI=1S/C19H26N2O4/c1-24-13-18(22)21-9-3-4-14(11-21)12-25-17-6-2-5-15(10-17)19(23)20-16-7-8-16/h2,5-6,10,14,16H,3-4,7-9,11-13H2,1H3,(H,20,23)/t14-/m0/s1. The number of amides is 2. The third-order valence-corrected chi connectivity index (χ3v) is 4.63. The molecule has 1 aliphatic heterocycles. The van der Waals surface area contributed by atoms with Crippen LogP contribution in [-0.4, -0.2) is 56.2 Å². The van der Waals surface area contributed by atoms with E-state index in [0.29, 0.717) is 36.4 Å². The molecule has 1 atom stereocenters.